The van der Waals surface area contributed by atoms with Crippen LogP contribution in [0, 0.1) is 0 Å². The van der Waals surface area contributed by atoms with Crippen LogP contribution in [-0.2, 0) is 14.2 Å². The summed E-state index contributed by atoms with van der Waals surface area (Å²) in [4.78, 5) is 0. The molecule has 0 aromatic rings. The molecule has 2 aliphatic rings. The highest BCUT2D eigenvalue weighted by atomic mass is 16.5. The summed E-state index contributed by atoms with van der Waals surface area (Å²) < 4.78 is 18.0. The van der Waals surface area contributed by atoms with Crippen LogP contribution < -0.4 is 0 Å². The molecule has 0 amide bonds. The van der Waals surface area contributed by atoms with E-state index in [9.17, 15) is 0 Å². The lowest BCUT2D eigenvalue weighted by Gasteiger charge is -2.38. The summed E-state index contributed by atoms with van der Waals surface area (Å²) in [5.74, 6) is 0. The minimum Gasteiger partial charge on any atom is -0.378 e. The minimum atomic E-state index is 0.244. The molecule has 3 nitrogen and oxygen atoms in total. The molecule has 2 fully saturated rings. The second kappa shape index (κ2) is 8.23. The number of hydrogen-bond acceptors (Lipinski definition) is 3. The highest BCUT2D eigenvalue weighted by molar-refractivity contribution is 4.84. The maximum absolute atomic E-state index is 6.37. The molecule has 2 aliphatic carbocycles. The van der Waals surface area contributed by atoms with Crippen molar-refractivity contribution in [3.05, 3.63) is 0 Å². The molecule has 0 spiro atoms. The highest BCUT2D eigenvalue weighted by Crippen LogP contribution is 2.30. The van der Waals surface area contributed by atoms with Crippen molar-refractivity contribution in [2.24, 2.45) is 0 Å². The van der Waals surface area contributed by atoms with Crippen LogP contribution in [-0.4, -0.2) is 37.6 Å². The smallest absolute Gasteiger partial charge is 0.0865 e. The molecule has 0 saturated heterocycles. The fourth-order valence-electron chi connectivity index (χ4n) is 3.45. The van der Waals surface area contributed by atoms with Crippen molar-refractivity contribution in [1.29, 1.82) is 0 Å². The van der Waals surface area contributed by atoms with Gasteiger partial charge in [0.15, 0.2) is 0 Å². The molecule has 3 atom stereocenters. The average Bonchev–Trinajstić information content (AvgIpc) is 2.43. The Bertz CT molecular complexity index is 238. The summed E-state index contributed by atoms with van der Waals surface area (Å²) >= 11 is 0. The van der Waals surface area contributed by atoms with E-state index in [2.05, 4.69) is 13.8 Å². The first-order valence-corrected chi connectivity index (χ1v) is 8.22. The normalized spacial score (nSPS) is 33.5. The Kier molecular flexibility index (Phi) is 6.62. The first kappa shape index (κ1) is 15.3. The predicted molar refractivity (Wildman–Crippen MR) is 76.4 cm³/mol. The largest absolute Gasteiger partial charge is 0.378 e. The SMILES string of the molecule is CCOC1CCC(OCC)C(OC2CCCCC2)C1. The van der Waals surface area contributed by atoms with Crippen molar-refractivity contribution in [1.82, 2.24) is 0 Å². The van der Waals surface area contributed by atoms with Crippen LogP contribution in [0.4, 0.5) is 0 Å². The number of rotatable bonds is 6. The van der Waals surface area contributed by atoms with Gasteiger partial charge in [0.25, 0.3) is 0 Å². The quantitative estimate of drug-likeness (QED) is 0.736. The molecule has 112 valence electrons. The summed E-state index contributed by atoms with van der Waals surface area (Å²) in [6.07, 6.45) is 11.0. The van der Waals surface area contributed by atoms with Crippen molar-refractivity contribution < 1.29 is 14.2 Å². The van der Waals surface area contributed by atoms with E-state index in [1.54, 1.807) is 0 Å². The fourth-order valence-corrected chi connectivity index (χ4v) is 3.45. The van der Waals surface area contributed by atoms with Gasteiger partial charge in [-0.3, -0.25) is 0 Å². The van der Waals surface area contributed by atoms with Crippen molar-refractivity contribution in [3.8, 4) is 0 Å². The van der Waals surface area contributed by atoms with Gasteiger partial charge >= 0.3 is 0 Å². The Morgan fingerprint density at radius 1 is 0.737 bits per heavy atom. The van der Waals surface area contributed by atoms with Gasteiger partial charge in [-0.15, -0.1) is 0 Å². The van der Waals surface area contributed by atoms with E-state index in [4.69, 9.17) is 14.2 Å². The molecule has 3 unspecified atom stereocenters. The van der Waals surface area contributed by atoms with Crippen molar-refractivity contribution in [2.45, 2.75) is 89.6 Å². The third-order valence-electron chi connectivity index (χ3n) is 4.39. The molecule has 0 N–H and O–H groups in total. The standard InChI is InChI=1S/C16H30O3/c1-3-17-14-10-11-15(18-4-2)16(12-14)19-13-8-6-5-7-9-13/h13-16H,3-12H2,1-2H3. The Labute approximate surface area is 118 Å². The molecule has 3 heteroatoms. The summed E-state index contributed by atoms with van der Waals surface area (Å²) in [6.45, 7) is 5.74. The van der Waals surface area contributed by atoms with Crippen LogP contribution in [0.15, 0.2) is 0 Å². The second-order valence-electron chi connectivity index (χ2n) is 5.82. The lowest BCUT2D eigenvalue weighted by Crippen LogP contribution is -2.43. The van der Waals surface area contributed by atoms with Gasteiger partial charge in [0, 0.05) is 19.6 Å². The third-order valence-corrected chi connectivity index (χ3v) is 4.39. The van der Waals surface area contributed by atoms with Gasteiger partial charge in [0.2, 0.25) is 0 Å². The lowest BCUT2D eigenvalue weighted by atomic mass is 9.90. The van der Waals surface area contributed by atoms with Gasteiger partial charge in [-0.05, 0) is 39.5 Å². The van der Waals surface area contributed by atoms with Gasteiger partial charge in [-0.25, -0.2) is 0 Å². The summed E-state index contributed by atoms with van der Waals surface area (Å²) in [5, 5.41) is 0. The lowest BCUT2D eigenvalue weighted by molar-refractivity contribution is -0.148. The van der Waals surface area contributed by atoms with Crippen molar-refractivity contribution >= 4 is 0 Å². The number of ether oxygens (including phenoxy) is 3. The van der Waals surface area contributed by atoms with E-state index in [0.29, 0.717) is 12.2 Å². The first-order valence-electron chi connectivity index (χ1n) is 8.22. The number of hydrogen-bond donors (Lipinski definition) is 0. The minimum absolute atomic E-state index is 0.244. The van der Waals surface area contributed by atoms with Crippen LogP contribution in [0.1, 0.15) is 65.2 Å². The Balaban J connectivity index is 1.86. The van der Waals surface area contributed by atoms with E-state index in [0.717, 1.165) is 32.5 Å². The van der Waals surface area contributed by atoms with Crippen LogP contribution in [0.3, 0.4) is 0 Å². The zero-order valence-corrected chi connectivity index (χ0v) is 12.6. The summed E-state index contributed by atoms with van der Waals surface area (Å²) in [7, 11) is 0. The molecule has 0 heterocycles. The Hall–Kier alpha value is -0.120. The van der Waals surface area contributed by atoms with E-state index >= 15 is 0 Å². The van der Waals surface area contributed by atoms with E-state index in [1.807, 2.05) is 0 Å². The van der Waals surface area contributed by atoms with Gasteiger partial charge < -0.3 is 14.2 Å². The maximum Gasteiger partial charge on any atom is 0.0865 e. The Morgan fingerprint density at radius 3 is 2.16 bits per heavy atom. The van der Waals surface area contributed by atoms with Crippen molar-refractivity contribution in [2.75, 3.05) is 13.2 Å². The maximum atomic E-state index is 6.37. The molecule has 2 rings (SSSR count). The topological polar surface area (TPSA) is 27.7 Å². The van der Waals surface area contributed by atoms with Gasteiger partial charge in [-0.1, -0.05) is 19.3 Å². The molecule has 0 radical (unpaired) electrons. The summed E-state index contributed by atoms with van der Waals surface area (Å²) in [6, 6.07) is 0. The Morgan fingerprint density at radius 2 is 1.47 bits per heavy atom. The first-order chi connectivity index (χ1) is 9.33. The zero-order valence-electron chi connectivity index (χ0n) is 12.6. The predicted octanol–water partition coefficient (Wildman–Crippen LogP) is 3.70. The van der Waals surface area contributed by atoms with Gasteiger partial charge in [0.1, 0.15) is 0 Å². The molecule has 19 heavy (non-hydrogen) atoms. The monoisotopic (exact) mass is 270 g/mol. The van der Waals surface area contributed by atoms with Crippen LogP contribution in [0.25, 0.3) is 0 Å². The van der Waals surface area contributed by atoms with Crippen LogP contribution in [0.2, 0.25) is 0 Å². The van der Waals surface area contributed by atoms with Gasteiger partial charge in [-0.2, -0.15) is 0 Å². The molecule has 2 saturated carbocycles. The van der Waals surface area contributed by atoms with Crippen LogP contribution >= 0.6 is 0 Å². The summed E-state index contributed by atoms with van der Waals surface area (Å²) in [5.41, 5.74) is 0. The molecular weight excluding hydrogens is 240 g/mol. The molecule has 0 bridgehead atoms. The fraction of sp³-hybridized carbons (Fsp3) is 1.00. The molecule has 0 aromatic heterocycles. The molecule has 0 aromatic carbocycles. The molecular formula is C16H30O3. The van der Waals surface area contributed by atoms with Crippen molar-refractivity contribution in [3.63, 3.8) is 0 Å². The van der Waals surface area contributed by atoms with E-state index in [-0.39, 0.29) is 12.2 Å². The van der Waals surface area contributed by atoms with E-state index < -0.39 is 0 Å². The third kappa shape index (κ3) is 4.73. The second-order valence-corrected chi connectivity index (χ2v) is 5.82. The zero-order chi connectivity index (χ0) is 13.5. The highest BCUT2D eigenvalue weighted by Gasteiger charge is 2.34. The van der Waals surface area contributed by atoms with Gasteiger partial charge in [0.05, 0.1) is 24.4 Å². The average molecular weight is 270 g/mol. The molecule has 0 aliphatic heterocycles. The van der Waals surface area contributed by atoms with Crippen LogP contribution in [0.5, 0.6) is 0 Å². The van der Waals surface area contributed by atoms with E-state index in [1.165, 1.54) is 32.1 Å².